The zero-order valence-electron chi connectivity index (χ0n) is 34.2. The van der Waals surface area contributed by atoms with Gasteiger partial charge in [0, 0.05) is 34.2 Å². The fourth-order valence-corrected chi connectivity index (χ4v) is 7.73. The van der Waals surface area contributed by atoms with Gasteiger partial charge in [0.15, 0.2) is 5.82 Å². The van der Waals surface area contributed by atoms with Crippen LogP contribution in [0.4, 0.5) is 0 Å². The molecule has 0 bridgehead atoms. The van der Waals surface area contributed by atoms with Gasteiger partial charge in [-0.15, -0.1) is 10.2 Å². The molecule has 54 heavy (non-hydrogen) atoms. The van der Waals surface area contributed by atoms with Crippen molar-refractivity contribution < 1.29 is 28.7 Å². The number of likely N-dealkylation sites (N-methyl/N-ethyl adjacent to an activating group) is 2. The Hall–Kier alpha value is -3.95. The van der Waals surface area contributed by atoms with E-state index in [0.717, 1.165) is 18.4 Å². The van der Waals surface area contributed by atoms with Crippen LogP contribution in [0.2, 0.25) is 0 Å². The summed E-state index contributed by atoms with van der Waals surface area (Å²) in [6, 6.07) is 7.23. The molecule has 1 aromatic heterocycles. The van der Waals surface area contributed by atoms with E-state index >= 15 is 0 Å². The van der Waals surface area contributed by atoms with E-state index in [9.17, 15) is 19.2 Å². The monoisotopic (exact) mass is 756 g/mol. The van der Waals surface area contributed by atoms with E-state index in [-0.39, 0.29) is 53.8 Å². The molecular formula is C39H65N9O6. The standard InChI is InChI=1S/C39H65N9O6/c1-12-25(6)34(47(9)39(52)33(24(4)5)42-38(51)32(40-8)23(2)3)30(53-10)22-31(49)48-20-16-19-29(48)35(54-11)26(7)37(50)41-28(36-43-45-46-44-36)21-27-17-14-13-15-18-27/h13-15,17-18,23-26,28-30,32-35,40H,12,16,19-22H2,1-11H3,(H,41,50)(H,42,51)(H,43,44,45,46)/t25-,26?,28-,29-,30+,32?,33-,34-,35?/m0/s1. The molecule has 302 valence electrons. The first-order valence-corrected chi connectivity index (χ1v) is 19.4. The number of carbonyl (C=O) groups excluding carboxylic acids is 4. The molecule has 15 nitrogen and oxygen atoms in total. The number of rotatable bonds is 21. The van der Waals surface area contributed by atoms with Crippen LogP contribution in [0.5, 0.6) is 0 Å². The van der Waals surface area contributed by atoms with Crippen LogP contribution in [0.15, 0.2) is 30.3 Å². The van der Waals surface area contributed by atoms with Crippen molar-refractivity contribution in [1.82, 2.24) is 46.4 Å². The third kappa shape index (κ3) is 11.3. The zero-order valence-corrected chi connectivity index (χ0v) is 34.2. The smallest absolute Gasteiger partial charge is 0.245 e. The molecule has 1 aliphatic rings. The molecule has 0 aliphatic carbocycles. The summed E-state index contributed by atoms with van der Waals surface area (Å²) < 4.78 is 12.0. The minimum absolute atomic E-state index is 0.0196. The predicted octanol–water partition coefficient (Wildman–Crippen LogP) is 2.90. The van der Waals surface area contributed by atoms with Crippen molar-refractivity contribution in [3.8, 4) is 0 Å². The van der Waals surface area contributed by atoms with E-state index < -0.39 is 42.3 Å². The molecule has 15 heteroatoms. The highest BCUT2D eigenvalue weighted by atomic mass is 16.5. The van der Waals surface area contributed by atoms with Gasteiger partial charge in [0.2, 0.25) is 23.6 Å². The minimum Gasteiger partial charge on any atom is -0.379 e. The number of H-pyrrole nitrogens is 1. The quantitative estimate of drug-likeness (QED) is 0.148. The third-order valence-electron chi connectivity index (χ3n) is 11.0. The summed E-state index contributed by atoms with van der Waals surface area (Å²) in [6.07, 6.45) is 1.46. The average Bonchev–Trinajstić information content (AvgIpc) is 3.87. The molecule has 1 fully saturated rings. The lowest BCUT2D eigenvalue weighted by molar-refractivity contribution is -0.147. The van der Waals surface area contributed by atoms with Crippen molar-refractivity contribution in [1.29, 1.82) is 0 Å². The van der Waals surface area contributed by atoms with Crippen LogP contribution in [0.1, 0.15) is 91.6 Å². The Morgan fingerprint density at radius 2 is 1.63 bits per heavy atom. The predicted molar refractivity (Wildman–Crippen MR) is 206 cm³/mol. The van der Waals surface area contributed by atoms with Gasteiger partial charge >= 0.3 is 0 Å². The highest BCUT2D eigenvalue weighted by molar-refractivity contribution is 5.90. The number of ether oxygens (including phenoxy) is 2. The molecule has 0 radical (unpaired) electrons. The van der Waals surface area contributed by atoms with Gasteiger partial charge in [-0.3, -0.25) is 19.2 Å². The first kappa shape index (κ1) is 44.4. The fourth-order valence-electron chi connectivity index (χ4n) is 7.73. The third-order valence-corrected chi connectivity index (χ3v) is 11.0. The second-order valence-corrected chi connectivity index (χ2v) is 15.4. The van der Waals surface area contributed by atoms with Gasteiger partial charge in [-0.1, -0.05) is 90.4 Å². The summed E-state index contributed by atoms with van der Waals surface area (Å²) in [7, 11) is 6.60. The number of tetrazole rings is 1. The number of nitrogens with one attached hydrogen (secondary N) is 4. The molecule has 4 N–H and O–H groups in total. The van der Waals surface area contributed by atoms with E-state index in [4.69, 9.17) is 9.47 Å². The van der Waals surface area contributed by atoms with Crippen LogP contribution in [-0.4, -0.2) is 125 Å². The number of benzene rings is 1. The number of hydrogen-bond donors (Lipinski definition) is 4. The lowest BCUT2D eigenvalue weighted by Gasteiger charge is -2.41. The molecule has 9 atom stereocenters. The van der Waals surface area contributed by atoms with Gasteiger partial charge in [-0.25, -0.2) is 0 Å². The number of carbonyl (C=O) groups is 4. The second-order valence-electron chi connectivity index (χ2n) is 15.4. The summed E-state index contributed by atoms with van der Waals surface area (Å²) >= 11 is 0. The summed E-state index contributed by atoms with van der Waals surface area (Å²) in [4.78, 5) is 58.9. The number of hydrogen-bond acceptors (Lipinski definition) is 10. The topological polar surface area (TPSA) is 184 Å². The van der Waals surface area contributed by atoms with Crippen molar-refractivity contribution in [3.63, 3.8) is 0 Å². The van der Waals surface area contributed by atoms with E-state index in [0.29, 0.717) is 25.2 Å². The Labute approximate surface area is 321 Å². The van der Waals surface area contributed by atoms with Crippen LogP contribution in [0.25, 0.3) is 0 Å². The van der Waals surface area contributed by atoms with Gasteiger partial charge in [-0.05, 0) is 43.2 Å². The first-order chi connectivity index (χ1) is 25.7. The molecule has 0 spiro atoms. The number of aromatic amines is 1. The highest BCUT2D eigenvalue weighted by Gasteiger charge is 2.43. The first-order valence-electron chi connectivity index (χ1n) is 19.4. The maximum atomic E-state index is 14.2. The summed E-state index contributed by atoms with van der Waals surface area (Å²) in [5, 5.41) is 23.6. The maximum absolute atomic E-state index is 14.2. The summed E-state index contributed by atoms with van der Waals surface area (Å²) in [5.74, 6) is -1.26. The van der Waals surface area contributed by atoms with Gasteiger partial charge in [0.1, 0.15) is 6.04 Å². The van der Waals surface area contributed by atoms with Crippen molar-refractivity contribution in [3.05, 3.63) is 41.7 Å². The van der Waals surface area contributed by atoms with Crippen molar-refractivity contribution in [2.24, 2.45) is 23.7 Å². The number of aromatic nitrogens is 4. The number of likely N-dealkylation sites (tertiary alicyclic amines) is 1. The molecule has 3 unspecified atom stereocenters. The summed E-state index contributed by atoms with van der Waals surface area (Å²) in [6.45, 7) is 14.1. The fraction of sp³-hybridized carbons (Fsp3) is 0.718. The molecule has 3 rings (SSSR count). The number of methoxy groups -OCH3 is 2. The Morgan fingerprint density at radius 3 is 2.17 bits per heavy atom. The second kappa shape index (κ2) is 21.2. The molecule has 1 aliphatic heterocycles. The number of amides is 4. The average molecular weight is 756 g/mol. The summed E-state index contributed by atoms with van der Waals surface area (Å²) in [5.41, 5.74) is 1.00. The van der Waals surface area contributed by atoms with Crippen LogP contribution < -0.4 is 16.0 Å². The van der Waals surface area contributed by atoms with Crippen LogP contribution in [-0.2, 0) is 35.1 Å². The van der Waals surface area contributed by atoms with E-state index in [2.05, 4.69) is 36.6 Å². The SMILES string of the molecule is CC[C@H](C)[C@@H]([C@@H](CC(=O)N1CCC[C@H]1C(OC)C(C)C(=O)N[C@@H](Cc1ccccc1)c1nn[nH]n1)OC)N(C)C(=O)[C@@H](NC(=O)C(NC)C(C)C)C(C)C. The molecule has 1 aromatic carbocycles. The van der Waals surface area contributed by atoms with Crippen molar-refractivity contribution in [2.75, 3.05) is 34.9 Å². The Morgan fingerprint density at radius 1 is 0.963 bits per heavy atom. The molecule has 2 aromatic rings. The van der Waals surface area contributed by atoms with E-state index in [1.807, 2.05) is 78.8 Å². The highest BCUT2D eigenvalue weighted by Crippen LogP contribution is 2.30. The van der Waals surface area contributed by atoms with Gasteiger partial charge in [-0.2, -0.15) is 5.21 Å². The lowest BCUT2D eigenvalue weighted by Crippen LogP contribution is -2.59. The Bertz CT molecular complexity index is 1460. The van der Waals surface area contributed by atoms with Crippen molar-refractivity contribution in [2.45, 2.75) is 123 Å². The molecule has 0 saturated carbocycles. The van der Waals surface area contributed by atoms with Crippen LogP contribution in [0.3, 0.4) is 0 Å². The van der Waals surface area contributed by atoms with Crippen molar-refractivity contribution >= 4 is 23.6 Å². The molecule has 2 heterocycles. The Kier molecular flexibility index (Phi) is 17.5. The Balaban J connectivity index is 1.78. The minimum atomic E-state index is -0.762. The van der Waals surface area contributed by atoms with E-state index in [1.165, 1.54) is 0 Å². The van der Waals surface area contributed by atoms with Gasteiger partial charge in [0.05, 0.1) is 48.7 Å². The zero-order chi connectivity index (χ0) is 40.1. The number of nitrogens with zero attached hydrogens (tertiary/aromatic N) is 5. The maximum Gasteiger partial charge on any atom is 0.245 e. The van der Waals surface area contributed by atoms with E-state index in [1.54, 1.807) is 38.1 Å². The molecule has 4 amide bonds. The van der Waals surface area contributed by atoms with Gasteiger partial charge < -0.3 is 35.2 Å². The molecular weight excluding hydrogens is 690 g/mol. The van der Waals surface area contributed by atoms with Crippen LogP contribution in [0, 0.1) is 23.7 Å². The normalized spacial score (nSPS) is 19.1. The van der Waals surface area contributed by atoms with Crippen LogP contribution >= 0.6 is 0 Å². The van der Waals surface area contributed by atoms with Gasteiger partial charge in [0.25, 0.3) is 0 Å². The lowest BCUT2D eigenvalue weighted by atomic mass is 9.89. The molecule has 1 saturated heterocycles. The largest absolute Gasteiger partial charge is 0.379 e.